The van der Waals surface area contributed by atoms with Gasteiger partial charge in [-0.25, -0.2) is 9.59 Å². The molecular weight excluding hydrogens is 506 g/mol. The summed E-state index contributed by atoms with van der Waals surface area (Å²) in [6.45, 7) is 0.0297. The predicted octanol–water partition coefficient (Wildman–Crippen LogP) is 5.67. The van der Waals surface area contributed by atoms with Crippen LogP contribution >= 0.6 is 0 Å². The van der Waals surface area contributed by atoms with E-state index in [1.54, 1.807) is 24.5 Å². The Bertz CT molecular complexity index is 1470. The van der Waals surface area contributed by atoms with Gasteiger partial charge >= 0.3 is 12.0 Å². The number of amides is 3. The first-order chi connectivity index (χ1) is 19.5. The van der Waals surface area contributed by atoms with Gasteiger partial charge in [0, 0.05) is 5.69 Å². The number of aryl methyl sites for hydroxylation is 1. The Balaban J connectivity index is 1.38. The molecule has 8 nitrogen and oxygen atoms in total. The molecule has 3 aromatic carbocycles. The van der Waals surface area contributed by atoms with Gasteiger partial charge < -0.3 is 25.1 Å². The number of anilines is 1. The van der Waals surface area contributed by atoms with E-state index in [4.69, 9.17) is 4.42 Å². The highest BCUT2D eigenvalue weighted by Gasteiger charge is 2.36. The molecular formula is C32H31N3O5. The molecule has 4 aromatic rings. The quantitative estimate of drug-likeness (QED) is 0.255. The van der Waals surface area contributed by atoms with Gasteiger partial charge in [-0.1, -0.05) is 60.7 Å². The van der Waals surface area contributed by atoms with Crippen molar-refractivity contribution in [2.75, 3.05) is 11.9 Å². The summed E-state index contributed by atoms with van der Waals surface area (Å²) >= 11 is 0. The lowest BCUT2D eigenvalue weighted by Crippen LogP contribution is -2.46. The Morgan fingerprint density at radius 1 is 0.925 bits per heavy atom. The number of carbonyl (C=O) groups is 3. The number of rotatable bonds is 9. The van der Waals surface area contributed by atoms with Crippen LogP contribution in [0.15, 0.2) is 102 Å². The molecule has 1 aliphatic rings. The fraction of sp³-hybridized carbons (Fsp3) is 0.219. The van der Waals surface area contributed by atoms with Gasteiger partial charge in [0.25, 0.3) is 0 Å². The third-order valence-corrected chi connectivity index (χ3v) is 7.28. The van der Waals surface area contributed by atoms with Gasteiger partial charge in [-0.15, -0.1) is 0 Å². The van der Waals surface area contributed by atoms with E-state index in [2.05, 4.69) is 34.9 Å². The number of carboxylic acid groups (broad SMARTS) is 1. The van der Waals surface area contributed by atoms with E-state index in [1.807, 2.05) is 41.3 Å². The first kappa shape index (κ1) is 26.7. The van der Waals surface area contributed by atoms with Crippen molar-refractivity contribution < 1.29 is 23.9 Å². The number of furan rings is 1. The normalized spacial score (nSPS) is 16.0. The van der Waals surface area contributed by atoms with Crippen molar-refractivity contribution >= 4 is 23.6 Å². The van der Waals surface area contributed by atoms with Crippen molar-refractivity contribution in [2.45, 2.75) is 31.8 Å². The second-order valence-electron chi connectivity index (χ2n) is 9.93. The molecule has 5 rings (SSSR count). The van der Waals surface area contributed by atoms with Crippen LogP contribution in [0.2, 0.25) is 0 Å². The average molecular weight is 538 g/mol. The van der Waals surface area contributed by atoms with Gasteiger partial charge in [0.05, 0.1) is 31.0 Å². The fourth-order valence-corrected chi connectivity index (χ4v) is 5.43. The van der Waals surface area contributed by atoms with Crippen molar-refractivity contribution in [1.82, 2.24) is 10.2 Å². The van der Waals surface area contributed by atoms with E-state index in [1.165, 1.54) is 23.3 Å². The molecule has 0 bridgehead atoms. The SMILES string of the molecule is O=C(NCC(=O)N(Cc1ccco1)[C@@H]1c2ccccc2CC[C@H]1Cc1ccccc1)Nc1cccc(C(=O)O)c1. The molecule has 3 N–H and O–H groups in total. The fourth-order valence-electron chi connectivity index (χ4n) is 5.43. The number of nitrogens with zero attached hydrogens (tertiary/aromatic N) is 1. The van der Waals surface area contributed by atoms with Crippen LogP contribution in [0.3, 0.4) is 0 Å². The van der Waals surface area contributed by atoms with Crippen molar-refractivity contribution in [1.29, 1.82) is 0 Å². The first-order valence-electron chi connectivity index (χ1n) is 13.3. The molecule has 2 atom stereocenters. The molecule has 0 unspecified atom stereocenters. The number of urea groups is 1. The Hall–Kier alpha value is -4.85. The largest absolute Gasteiger partial charge is 0.478 e. The highest BCUT2D eigenvalue weighted by Crippen LogP contribution is 2.41. The van der Waals surface area contributed by atoms with Crippen LogP contribution in [0.25, 0.3) is 0 Å². The smallest absolute Gasteiger partial charge is 0.335 e. The second kappa shape index (κ2) is 12.3. The molecule has 1 heterocycles. The summed E-state index contributed by atoms with van der Waals surface area (Å²) in [5, 5.41) is 14.5. The minimum Gasteiger partial charge on any atom is -0.478 e. The summed E-state index contributed by atoms with van der Waals surface area (Å²) in [4.78, 5) is 39.6. The predicted molar refractivity (Wildman–Crippen MR) is 151 cm³/mol. The second-order valence-corrected chi connectivity index (χ2v) is 9.93. The number of carbonyl (C=O) groups excluding carboxylic acids is 2. The van der Waals surface area contributed by atoms with E-state index in [0.717, 1.165) is 24.8 Å². The van der Waals surface area contributed by atoms with Crippen LogP contribution in [0.1, 0.15) is 45.3 Å². The van der Waals surface area contributed by atoms with Crippen molar-refractivity contribution in [3.05, 3.63) is 125 Å². The lowest BCUT2D eigenvalue weighted by Gasteiger charge is -2.41. The third kappa shape index (κ3) is 6.40. The summed E-state index contributed by atoms with van der Waals surface area (Å²) in [5.74, 6) is -0.509. The highest BCUT2D eigenvalue weighted by atomic mass is 16.4. The lowest BCUT2D eigenvalue weighted by atomic mass is 9.76. The van der Waals surface area contributed by atoms with Crippen LogP contribution < -0.4 is 10.6 Å². The molecule has 3 amide bonds. The number of aromatic carboxylic acids is 1. The minimum absolute atomic E-state index is 0.0546. The Kier molecular flexibility index (Phi) is 8.25. The molecule has 8 heteroatoms. The molecule has 0 spiro atoms. The van der Waals surface area contributed by atoms with Crippen LogP contribution in [-0.2, 0) is 24.2 Å². The third-order valence-electron chi connectivity index (χ3n) is 7.28. The number of nitrogens with one attached hydrogen (secondary N) is 2. The Labute approximate surface area is 232 Å². The lowest BCUT2D eigenvalue weighted by molar-refractivity contribution is -0.135. The van der Waals surface area contributed by atoms with E-state index in [9.17, 15) is 19.5 Å². The topological polar surface area (TPSA) is 112 Å². The maximum absolute atomic E-state index is 13.8. The molecule has 0 saturated carbocycles. The van der Waals surface area contributed by atoms with E-state index in [0.29, 0.717) is 11.4 Å². The van der Waals surface area contributed by atoms with Gasteiger partial charge in [0.2, 0.25) is 5.91 Å². The van der Waals surface area contributed by atoms with E-state index in [-0.39, 0.29) is 36.5 Å². The molecule has 1 aliphatic carbocycles. The van der Waals surface area contributed by atoms with Crippen molar-refractivity contribution in [3.63, 3.8) is 0 Å². The Morgan fingerprint density at radius 2 is 1.73 bits per heavy atom. The van der Waals surface area contributed by atoms with Crippen LogP contribution in [0.4, 0.5) is 10.5 Å². The molecule has 40 heavy (non-hydrogen) atoms. The zero-order valence-electron chi connectivity index (χ0n) is 22.0. The number of hydrogen-bond donors (Lipinski definition) is 3. The van der Waals surface area contributed by atoms with Gasteiger partial charge in [-0.05, 0) is 72.2 Å². The van der Waals surface area contributed by atoms with Crippen molar-refractivity contribution in [3.8, 4) is 0 Å². The van der Waals surface area contributed by atoms with Gasteiger partial charge in [0.1, 0.15) is 5.76 Å². The first-order valence-corrected chi connectivity index (χ1v) is 13.3. The maximum Gasteiger partial charge on any atom is 0.335 e. The summed E-state index contributed by atoms with van der Waals surface area (Å²) in [5.41, 5.74) is 3.92. The molecule has 0 fully saturated rings. The summed E-state index contributed by atoms with van der Waals surface area (Å²) in [7, 11) is 0. The maximum atomic E-state index is 13.8. The number of benzene rings is 3. The number of carboxylic acids is 1. The zero-order chi connectivity index (χ0) is 27.9. The van der Waals surface area contributed by atoms with Crippen LogP contribution in [0.5, 0.6) is 0 Å². The number of fused-ring (bicyclic) bond motifs is 1. The average Bonchev–Trinajstić information content (AvgIpc) is 3.49. The molecule has 0 aliphatic heterocycles. The number of hydrogen-bond acceptors (Lipinski definition) is 4. The summed E-state index contributed by atoms with van der Waals surface area (Å²) in [6.07, 6.45) is 4.26. The monoisotopic (exact) mass is 537 g/mol. The van der Waals surface area contributed by atoms with Gasteiger partial charge in [0.15, 0.2) is 0 Å². The molecule has 0 radical (unpaired) electrons. The summed E-state index contributed by atoms with van der Waals surface area (Å²) < 4.78 is 5.64. The van der Waals surface area contributed by atoms with E-state index < -0.39 is 12.0 Å². The zero-order valence-corrected chi connectivity index (χ0v) is 22.0. The molecule has 1 aromatic heterocycles. The Morgan fingerprint density at radius 3 is 2.50 bits per heavy atom. The minimum atomic E-state index is -1.09. The van der Waals surface area contributed by atoms with Crippen LogP contribution in [-0.4, -0.2) is 34.5 Å². The molecule has 204 valence electrons. The standard InChI is InChI=1S/C32H31N3O5/c36-29(20-33-32(39)34-26-12-6-11-25(19-26)31(37)38)35(21-27-13-7-17-40-27)30-24(18-22-8-2-1-3-9-22)16-15-23-10-4-5-14-28(23)30/h1-14,17,19,24,30H,15-16,18,20-21H2,(H,37,38)(H2,33,34,39)/t24-,30-/m0/s1. The van der Waals surface area contributed by atoms with Crippen LogP contribution in [0, 0.1) is 5.92 Å². The molecule has 0 saturated heterocycles. The van der Waals surface area contributed by atoms with Gasteiger partial charge in [-0.2, -0.15) is 0 Å². The highest BCUT2D eigenvalue weighted by molar-refractivity contribution is 5.94. The summed E-state index contributed by atoms with van der Waals surface area (Å²) in [6, 6.07) is 27.3. The van der Waals surface area contributed by atoms with Gasteiger partial charge in [-0.3, -0.25) is 4.79 Å². The van der Waals surface area contributed by atoms with Crippen molar-refractivity contribution in [2.24, 2.45) is 5.92 Å². The van der Waals surface area contributed by atoms with E-state index >= 15 is 0 Å².